The van der Waals surface area contributed by atoms with Crippen LogP contribution in [0.3, 0.4) is 0 Å². The van der Waals surface area contributed by atoms with Crippen LogP contribution in [-0.2, 0) is 48.4 Å². The molecule has 0 saturated heterocycles. The first-order valence-corrected chi connectivity index (χ1v) is 19.7. The summed E-state index contributed by atoms with van der Waals surface area (Å²) >= 11 is 0. The lowest BCUT2D eigenvalue weighted by atomic mass is 9.95. The van der Waals surface area contributed by atoms with Crippen molar-refractivity contribution in [2.24, 2.45) is 11.8 Å². The third-order valence-electron chi connectivity index (χ3n) is 11.5. The van der Waals surface area contributed by atoms with Gasteiger partial charge in [-0.3, -0.25) is 19.6 Å². The zero-order valence-electron chi connectivity index (χ0n) is 31.3. The SMILES string of the molecule is O=C(C1CCCc2ncccc2C1)N1Cc2cccnc2Nc2ccccc21.O=C(C1CCc2cccnc2CC1)N1Cc2cccnc2Nc2ccccc21. The van der Waals surface area contributed by atoms with Gasteiger partial charge in [0.1, 0.15) is 11.6 Å². The number of para-hydroxylation sites is 4. The third kappa shape index (κ3) is 7.22. The van der Waals surface area contributed by atoms with Crippen LogP contribution in [-0.4, -0.2) is 31.8 Å². The fourth-order valence-corrected chi connectivity index (χ4v) is 8.52. The fraction of sp³-hybridized carbons (Fsp3) is 0.261. The molecule has 6 aromatic rings. The number of anilines is 6. The molecule has 4 aromatic heterocycles. The van der Waals surface area contributed by atoms with Crippen LogP contribution in [0.5, 0.6) is 0 Å². The molecule has 0 bridgehead atoms. The van der Waals surface area contributed by atoms with Crippen molar-refractivity contribution >= 4 is 46.2 Å². The van der Waals surface area contributed by atoms with Crippen LogP contribution >= 0.6 is 0 Å². The Kier molecular flexibility index (Phi) is 9.92. The zero-order valence-corrected chi connectivity index (χ0v) is 31.3. The van der Waals surface area contributed by atoms with Crippen molar-refractivity contribution < 1.29 is 9.59 Å². The van der Waals surface area contributed by atoms with Gasteiger partial charge >= 0.3 is 0 Å². The number of amides is 2. The molecule has 280 valence electrons. The van der Waals surface area contributed by atoms with E-state index in [0.29, 0.717) is 13.1 Å². The van der Waals surface area contributed by atoms with E-state index in [1.54, 1.807) is 12.4 Å². The highest BCUT2D eigenvalue weighted by molar-refractivity contribution is 6.00. The molecule has 2 unspecified atom stereocenters. The second-order valence-corrected chi connectivity index (χ2v) is 14.9. The molecule has 56 heavy (non-hydrogen) atoms. The maximum absolute atomic E-state index is 13.7. The number of benzene rings is 2. The van der Waals surface area contributed by atoms with E-state index in [4.69, 9.17) is 0 Å². The number of hydrogen-bond acceptors (Lipinski definition) is 8. The standard InChI is InChI=1S/2C23H22N4O/c28-23(17-6-3-10-19-16(14-17)7-4-12-24-19)27-15-18-8-5-13-25-22(18)26-20-9-1-2-11-21(20)27;28-23(17-10-9-16-5-3-13-24-19(16)12-11-17)27-15-18-6-4-14-25-22(18)26-20-7-1-2-8-21(20)27/h1-2,4-5,7-9,11-13,17H,3,6,10,14-15H2,(H,25,26);1-8,13-14,17H,9-12,15H2,(H,25,26). The van der Waals surface area contributed by atoms with Crippen molar-refractivity contribution in [3.8, 4) is 0 Å². The number of rotatable bonds is 2. The minimum atomic E-state index is -0.0308. The summed E-state index contributed by atoms with van der Waals surface area (Å²) in [5.74, 6) is 1.99. The molecule has 10 heteroatoms. The van der Waals surface area contributed by atoms with Crippen molar-refractivity contribution in [1.29, 1.82) is 0 Å². The van der Waals surface area contributed by atoms with Gasteiger partial charge in [0, 0.05) is 59.1 Å². The zero-order chi connectivity index (χ0) is 37.8. The Morgan fingerprint density at radius 2 is 1.00 bits per heavy atom. The second kappa shape index (κ2) is 15.7. The minimum Gasteiger partial charge on any atom is -0.338 e. The first kappa shape index (κ1) is 35.3. The van der Waals surface area contributed by atoms with Gasteiger partial charge in [-0.2, -0.15) is 0 Å². The molecule has 4 aliphatic rings. The number of fused-ring (bicyclic) bond motifs is 6. The molecular weight excluding hydrogens is 697 g/mol. The number of nitrogens with zero attached hydrogens (tertiary/aromatic N) is 6. The normalized spacial score (nSPS) is 18.0. The van der Waals surface area contributed by atoms with E-state index in [1.807, 2.05) is 107 Å². The molecule has 2 aromatic carbocycles. The highest BCUT2D eigenvalue weighted by Crippen LogP contribution is 2.38. The number of aromatic nitrogens is 4. The van der Waals surface area contributed by atoms with Crippen LogP contribution in [0, 0.1) is 11.8 Å². The number of nitrogens with one attached hydrogen (secondary N) is 2. The van der Waals surface area contributed by atoms with Crippen LogP contribution in [0.25, 0.3) is 0 Å². The van der Waals surface area contributed by atoms with E-state index in [9.17, 15) is 9.59 Å². The van der Waals surface area contributed by atoms with Gasteiger partial charge in [0.15, 0.2) is 0 Å². The quantitative estimate of drug-likeness (QED) is 0.170. The first-order valence-electron chi connectivity index (χ1n) is 19.7. The van der Waals surface area contributed by atoms with Crippen molar-refractivity contribution in [3.05, 3.63) is 155 Å². The molecule has 6 heterocycles. The smallest absolute Gasteiger partial charge is 0.230 e. The second-order valence-electron chi connectivity index (χ2n) is 14.9. The first-order chi connectivity index (χ1) is 27.6. The molecule has 2 aliphatic heterocycles. The predicted octanol–water partition coefficient (Wildman–Crippen LogP) is 8.52. The lowest BCUT2D eigenvalue weighted by Crippen LogP contribution is -2.36. The number of carbonyl (C=O) groups is 2. The van der Waals surface area contributed by atoms with Crippen LogP contribution in [0.2, 0.25) is 0 Å². The summed E-state index contributed by atoms with van der Waals surface area (Å²) in [5, 5.41) is 6.81. The predicted molar refractivity (Wildman–Crippen MR) is 219 cm³/mol. The molecule has 2 atom stereocenters. The summed E-state index contributed by atoms with van der Waals surface area (Å²) in [7, 11) is 0. The van der Waals surface area contributed by atoms with Gasteiger partial charge in [-0.1, -0.05) is 48.5 Å². The molecule has 2 amide bonds. The third-order valence-corrected chi connectivity index (χ3v) is 11.5. The average Bonchev–Trinajstić information content (AvgIpc) is 3.74. The Labute approximate surface area is 327 Å². The molecule has 2 N–H and O–H groups in total. The van der Waals surface area contributed by atoms with Gasteiger partial charge in [-0.25, -0.2) is 9.97 Å². The molecule has 10 nitrogen and oxygen atoms in total. The Balaban J connectivity index is 0.000000146. The van der Waals surface area contributed by atoms with E-state index in [-0.39, 0.29) is 23.7 Å². The molecular formula is C46H44N8O2. The fourth-order valence-electron chi connectivity index (χ4n) is 8.52. The summed E-state index contributed by atoms with van der Waals surface area (Å²) in [5.41, 5.74) is 10.5. The largest absolute Gasteiger partial charge is 0.338 e. The summed E-state index contributed by atoms with van der Waals surface area (Å²) in [4.78, 5) is 49.2. The molecule has 0 radical (unpaired) electrons. The molecule has 0 saturated carbocycles. The molecule has 0 spiro atoms. The minimum absolute atomic E-state index is 0.000442. The Morgan fingerprint density at radius 3 is 1.62 bits per heavy atom. The Bertz CT molecular complexity index is 2370. The van der Waals surface area contributed by atoms with Gasteiger partial charge < -0.3 is 20.4 Å². The van der Waals surface area contributed by atoms with Gasteiger partial charge in [-0.05, 0) is 111 Å². The van der Waals surface area contributed by atoms with E-state index in [0.717, 1.165) is 108 Å². The van der Waals surface area contributed by atoms with Gasteiger partial charge in [-0.15, -0.1) is 0 Å². The highest BCUT2D eigenvalue weighted by Gasteiger charge is 2.33. The maximum Gasteiger partial charge on any atom is 0.230 e. The summed E-state index contributed by atoms with van der Waals surface area (Å²) < 4.78 is 0. The van der Waals surface area contributed by atoms with Gasteiger partial charge in [0.05, 0.1) is 35.8 Å². The van der Waals surface area contributed by atoms with Crippen LogP contribution < -0.4 is 20.4 Å². The Hall–Kier alpha value is -6.42. The maximum atomic E-state index is 13.7. The number of hydrogen-bond donors (Lipinski definition) is 2. The Morgan fingerprint density at radius 1 is 0.500 bits per heavy atom. The van der Waals surface area contributed by atoms with Gasteiger partial charge in [0.25, 0.3) is 0 Å². The number of aryl methyl sites for hydroxylation is 3. The lowest BCUT2D eigenvalue weighted by molar-refractivity contribution is -0.123. The lowest BCUT2D eigenvalue weighted by Gasteiger charge is -2.27. The van der Waals surface area contributed by atoms with E-state index in [1.165, 1.54) is 11.1 Å². The van der Waals surface area contributed by atoms with Crippen LogP contribution in [0.4, 0.5) is 34.4 Å². The molecule has 0 fully saturated rings. The number of carbonyl (C=O) groups excluding carboxylic acids is 2. The topological polar surface area (TPSA) is 116 Å². The van der Waals surface area contributed by atoms with E-state index < -0.39 is 0 Å². The van der Waals surface area contributed by atoms with E-state index >= 15 is 0 Å². The average molecular weight is 741 g/mol. The van der Waals surface area contributed by atoms with Crippen molar-refractivity contribution in [3.63, 3.8) is 0 Å². The summed E-state index contributed by atoms with van der Waals surface area (Å²) in [6, 6.07) is 32.1. The molecule has 10 rings (SSSR count). The van der Waals surface area contributed by atoms with Crippen molar-refractivity contribution in [2.45, 2.75) is 64.5 Å². The monoisotopic (exact) mass is 740 g/mol. The molecule has 2 aliphatic carbocycles. The summed E-state index contributed by atoms with van der Waals surface area (Å²) in [6.45, 7) is 1.07. The van der Waals surface area contributed by atoms with Gasteiger partial charge in [0.2, 0.25) is 11.8 Å². The van der Waals surface area contributed by atoms with Crippen molar-refractivity contribution in [2.75, 3.05) is 20.4 Å². The summed E-state index contributed by atoms with van der Waals surface area (Å²) in [6.07, 6.45) is 14.3. The van der Waals surface area contributed by atoms with Crippen LogP contribution in [0.1, 0.15) is 59.3 Å². The highest BCUT2D eigenvalue weighted by atomic mass is 16.2. The number of pyridine rings is 4. The van der Waals surface area contributed by atoms with E-state index in [2.05, 4.69) is 42.7 Å². The van der Waals surface area contributed by atoms with Crippen molar-refractivity contribution in [1.82, 2.24) is 19.9 Å². The van der Waals surface area contributed by atoms with Crippen LogP contribution in [0.15, 0.2) is 122 Å².